The predicted molar refractivity (Wildman–Crippen MR) is 42.6 cm³/mol. The summed E-state index contributed by atoms with van der Waals surface area (Å²) in [5.74, 6) is 0.987. The summed E-state index contributed by atoms with van der Waals surface area (Å²) < 4.78 is 0. The Bertz CT molecular complexity index is 323. The number of hydrogen-bond donors (Lipinski definition) is 1. The monoisotopic (exact) mass is 213 g/mol. The smallest absolute Gasteiger partial charge is 0.185 e. The highest BCUT2D eigenvalue weighted by atomic mass is 79.9. The number of azo groups is 1. The van der Waals surface area contributed by atoms with Crippen molar-refractivity contribution < 1.29 is 0 Å². The SMILES string of the molecule is Nc1ncnc2c1[C@@H](Br)N=N2. The zero-order chi connectivity index (χ0) is 7.84. The van der Waals surface area contributed by atoms with Crippen molar-refractivity contribution in [3.63, 3.8) is 0 Å². The van der Waals surface area contributed by atoms with Crippen LogP contribution in [-0.4, -0.2) is 9.97 Å². The van der Waals surface area contributed by atoms with Gasteiger partial charge in [-0.05, 0) is 0 Å². The average Bonchev–Trinajstić information content (AvgIpc) is 2.34. The predicted octanol–water partition coefficient (Wildman–Crippen LogP) is 1.55. The summed E-state index contributed by atoms with van der Waals surface area (Å²) in [5.41, 5.74) is 6.32. The minimum atomic E-state index is -0.182. The molecule has 0 saturated heterocycles. The summed E-state index contributed by atoms with van der Waals surface area (Å²) in [7, 11) is 0. The number of nitrogens with zero attached hydrogens (tertiary/aromatic N) is 4. The van der Waals surface area contributed by atoms with Crippen LogP contribution in [-0.2, 0) is 0 Å². The van der Waals surface area contributed by atoms with Crippen LogP contribution >= 0.6 is 15.9 Å². The topological polar surface area (TPSA) is 76.5 Å². The molecule has 1 aromatic rings. The van der Waals surface area contributed by atoms with Gasteiger partial charge in [-0.15, -0.1) is 5.11 Å². The number of nitrogen functional groups attached to an aromatic ring is 1. The summed E-state index contributed by atoms with van der Waals surface area (Å²) in [4.78, 5) is 7.53. The lowest BCUT2D eigenvalue weighted by molar-refractivity contribution is 1.02. The molecule has 5 nitrogen and oxygen atoms in total. The van der Waals surface area contributed by atoms with E-state index >= 15 is 0 Å². The van der Waals surface area contributed by atoms with Gasteiger partial charge in [0, 0.05) is 0 Å². The fourth-order valence-corrected chi connectivity index (χ4v) is 1.40. The first-order chi connectivity index (χ1) is 5.29. The standard InChI is InChI=1S/C5H4BrN5/c6-3-2-4(7)8-1-9-5(2)11-10-3/h1,3H,(H2,7,8,9)/t3-/m0/s1. The maximum atomic E-state index is 5.56. The molecule has 2 heterocycles. The van der Waals surface area contributed by atoms with E-state index in [0.29, 0.717) is 11.6 Å². The molecule has 0 spiro atoms. The molecule has 1 aromatic heterocycles. The number of fused-ring (bicyclic) bond motifs is 1. The van der Waals surface area contributed by atoms with E-state index in [1.807, 2.05) is 0 Å². The van der Waals surface area contributed by atoms with Crippen LogP contribution < -0.4 is 5.73 Å². The molecule has 1 atom stereocenters. The van der Waals surface area contributed by atoms with Crippen molar-refractivity contribution in [3.8, 4) is 0 Å². The van der Waals surface area contributed by atoms with E-state index in [9.17, 15) is 0 Å². The number of anilines is 1. The first-order valence-electron chi connectivity index (χ1n) is 2.94. The highest BCUT2D eigenvalue weighted by molar-refractivity contribution is 9.09. The van der Waals surface area contributed by atoms with Crippen LogP contribution in [0.1, 0.15) is 10.5 Å². The van der Waals surface area contributed by atoms with E-state index in [2.05, 4.69) is 36.1 Å². The Hall–Kier alpha value is -1.04. The fraction of sp³-hybridized carbons (Fsp3) is 0.200. The molecule has 0 radical (unpaired) electrons. The lowest BCUT2D eigenvalue weighted by Crippen LogP contribution is -1.97. The third kappa shape index (κ3) is 0.900. The van der Waals surface area contributed by atoms with Crippen LogP contribution in [0.25, 0.3) is 0 Å². The quantitative estimate of drug-likeness (QED) is 0.525. The Morgan fingerprint density at radius 1 is 1.45 bits per heavy atom. The van der Waals surface area contributed by atoms with Crippen molar-refractivity contribution >= 4 is 27.6 Å². The Morgan fingerprint density at radius 3 is 3.00 bits per heavy atom. The van der Waals surface area contributed by atoms with Crippen LogP contribution in [0.15, 0.2) is 16.6 Å². The largest absolute Gasteiger partial charge is 0.383 e. The number of halogens is 1. The molecule has 0 amide bonds. The highest BCUT2D eigenvalue weighted by Gasteiger charge is 2.22. The van der Waals surface area contributed by atoms with Crippen LogP contribution in [0, 0.1) is 0 Å². The van der Waals surface area contributed by atoms with Crippen LogP contribution in [0.2, 0.25) is 0 Å². The molecule has 6 heteroatoms. The Labute approximate surface area is 70.9 Å². The molecule has 0 bridgehead atoms. The molecule has 0 aliphatic carbocycles. The third-order valence-corrected chi connectivity index (χ3v) is 2.03. The minimum Gasteiger partial charge on any atom is -0.383 e. The van der Waals surface area contributed by atoms with E-state index in [1.54, 1.807) is 0 Å². The van der Waals surface area contributed by atoms with Crippen LogP contribution in [0.4, 0.5) is 11.6 Å². The van der Waals surface area contributed by atoms with E-state index in [0.717, 1.165) is 5.56 Å². The van der Waals surface area contributed by atoms with Crippen molar-refractivity contribution in [1.82, 2.24) is 9.97 Å². The van der Waals surface area contributed by atoms with E-state index in [-0.39, 0.29) is 4.95 Å². The highest BCUT2D eigenvalue weighted by Crippen LogP contribution is 2.39. The molecule has 0 unspecified atom stereocenters. The first kappa shape index (κ1) is 6.66. The second-order valence-corrected chi connectivity index (χ2v) is 2.91. The molecule has 0 saturated carbocycles. The summed E-state index contributed by atoms with van der Waals surface area (Å²) in [6.45, 7) is 0. The Morgan fingerprint density at radius 2 is 2.27 bits per heavy atom. The van der Waals surface area contributed by atoms with Crippen molar-refractivity contribution in [3.05, 3.63) is 11.9 Å². The minimum absolute atomic E-state index is 0.182. The van der Waals surface area contributed by atoms with Gasteiger partial charge in [-0.1, -0.05) is 15.9 Å². The van der Waals surface area contributed by atoms with Gasteiger partial charge in [-0.3, -0.25) is 0 Å². The van der Waals surface area contributed by atoms with Crippen LogP contribution in [0.5, 0.6) is 0 Å². The molecule has 0 aromatic carbocycles. The van der Waals surface area contributed by atoms with Gasteiger partial charge in [0.2, 0.25) is 0 Å². The summed E-state index contributed by atoms with van der Waals surface area (Å²) in [6, 6.07) is 0. The van der Waals surface area contributed by atoms with Crippen molar-refractivity contribution in [2.24, 2.45) is 10.2 Å². The average molecular weight is 214 g/mol. The number of rotatable bonds is 0. The van der Waals surface area contributed by atoms with Gasteiger partial charge in [-0.2, -0.15) is 5.11 Å². The lowest BCUT2D eigenvalue weighted by Gasteiger charge is -1.99. The van der Waals surface area contributed by atoms with E-state index in [1.165, 1.54) is 6.33 Å². The molecular formula is C5H4BrN5. The Kier molecular flexibility index (Phi) is 1.35. The second-order valence-electron chi connectivity index (χ2n) is 2.05. The van der Waals surface area contributed by atoms with Gasteiger partial charge >= 0.3 is 0 Å². The van der Waals surface area contributed by atoms with Crippen molar-refractivity contribution in [2.45, 2.75) is 4.95 Å². The lowest BCUT2D eigenvalue weighted by atomic mass is 10.3. The maximum Gasteiger partial charge on any atom is 0.185 e. The van der Waals surface area contributed by atoms with E-state index < -0.39 is 0 Å². The molecule has 56 valence electrons. The van der Waals surface area contributed by atoms with Gasteiger partial charge in [-0.25, -0.2) is 9.97 Å². The molecule has 0 fully saturated rings. The molecule has 1 aliphatic rings. The van der Waals surface area contributed by atoms with Gasteiger partial charge < -0.3 is 5.73 Å². The molecule has 11 heavy (non-hydrogen) atoms. The molecule has 2 rings (SSSR count). The number of nitrogens with two attached hydrogens (primary N) is 1. The summed E-state index contributed by atoms with van der Waals surface area (Å²) in [5, 5.41) is 7.61. The van der Waals surface area contributed by atoms with Gasteiger partial charge in [0.15, 0.2) is 10.8 Å². The zero-order valence-corrected chi connectivity index (χ0v) is 6.98. The fourth-order valence-electron chi connectivity index (χ4n) is 0.871. The molecule has 1 aliphatic heterocycles. The van der Waals surface area contributed by atoms with Crippen molar-refractivity contribution in [2.75, 3.05) is 5.73 Å². The first-order valence-corrected chi connectivity index (χ1v) is 3.86. The Balaban J connectivity index is 2.65. The number of hydrogen-bond acceptors (Lipinski definition) is 5. The van der Waals surface area contributed by atoms with Crippen molar-refractivity contribution in [1.29, 1.82) is 0 Å². The zero-order valence-electron chi connectivity index (χ0n) is 5.40. The second kappa shape index (κ2) is 2.23. The van der Waals surface area contributed by atoms with E-state index in [4.69, 9.17) is 5.73 Å². The third-order valence-electron chi connectivity index (χ3n) is 1.39. The molecular weight excluding hydrogens is 210 g/mol. The summed E-state index contributed by atoms with van der Waals surface area (Å²) >= 11 is 3.27. The number of aromatic nitrogens is 2. The number of alkyl halides is 1. The van der Waals surface area contributed by atoms with Crippen LogP contribution in [0.3, 0.4) is 0 Å². The van der Waals surface area contributed by atoms with Gasteiger partial charge in [0.25, 0.3) is 0 Å². The molecule has 2 N–H and O–H groups in total. The summed E-state index contributed by atoms with van der Waals surface area (Å²) in [6.07, 6.45) is 1.37. The van der Waals surface area contributed by atoms with Gasteiger partial charge in [0.05, 0.1) is 5.56 Å². The normalized spacial score (nSPS) is 20.3. The van der Waals surface area contributed by atoms with Gasteiger partial charge in [0.1, 0.15) is 12.1 Å². The maximum absolute atomic E-state index is 5.56.